The maximum Gasteiger partial charge on any atom is 0.132 e. The molecule has 2 atom stereocenters. The number of carbonyl (C=O) groups excluding carboxylic acids is 1. The van der Waals surface area contributed by atoms with Crippen molar-refractivity contribution >= 4 is 5.78 Å². The van der Waals surface area contributed by atoms with Crippen molar-refractivity contribution in [3.8, 4) is 0 Å². The first-order valence-electron chi connectivity index (χ1n) is 3.60. The number of hydrogen-bond donors (Lipinski definition) is 0. The van der Waals surface area contributed by atoms with Crippen molar-refractivity contribution in [1.82, 2.24) is 0 Å². The summed E-state index contributed by atoms with van der Waals surface area (Å²) in [5.74, 6) is 1.10. The highest BCUT2D eigenvalue weighted by Gasteiger charge is 2.13. The zero-order valence-corrected chi connectivity index (χ0v) is 6.77. The molecule has 0 heterocycles. The number of hydrogen-bond acceptors (Lipinski definition) is 1. The predicted molar refractivity (Wildman–Crippen MR) is 39.3 cm³/mol. The molecule has 0 saturated heterocycles. The minimum absolute atomic E-state index is 0.245. The van der Waals surface area contributed by atoms with Crippen LogP contribution in [0.1, 0.15) is 34.1 Å². The van der Waals surface area contributed by atoms with Crippen LogP contribution in [0.2, 0.25) is 0 Å². The van der Waals surface area contributed by atoms with E-state index in [-0.39, 0.29) is 5.92 Å². The smallest absolute Gasteiger partial charge is 0.132 e. The summed E-state index contributed by atoms with van der Waals surface area (Å²) in [6, 6.07) is 0. The number of ketones is 1. The fourth-order valence-corrected chi connectivity index (χ4v) is 0.754. The van der Waals surface area contributed by atoms with Gasteiger partial charge in [-0.1, -0.05) is 27.2 Å². The summed E-state index contributed by atoms with van der Waals surface area (Å²) in [7, 11) is 0. The largest absolute Gasteiger partial charge is 0.300 e. The minimum atomic E-state index is 0.245. The Labute approximate surface area is 57.5 Å². The van der Waals surface area contributed by atoms with Crippen molar-refractivity contribution in [2.75, 3.05) is 0 Å². The molecule has 0 saturated carbocycles. The molecule has 1 heteroatoms. The average molecular weight is 128 g/mol. The lowest BCUT2D eigenvalue weighted by atomic mass is 9.91. The molecule has 0 amide bonds. The van der Waals surface area contributed by atoms with Gasteiger partial charge in [-0.05, 0) is 12.8 Å². The Kier molecular flexibility index (Phi) is 3.52. The molecule has 9 heavy (non-hydrogen) atoms. The van der Waals surface area contributed by atoms with Gasteiger partial charge in [0, 0.05) is 5.92 Å². The molecular weight excluding hydrogens is 112 g/mol. The van der Waals surface area contributed by atoms with Crippen LogP contribution in [0.4, 0.5) is 0 Å². The lowest BCUT2D eigenvalue weighted by Gasteiger charge is -2.13. The molecule has 2 unspecified atom stereocenters. The van der Waals surface area contributed by atoms with Crippen LogP contribution in [0, 0.1) is 11.8 Å². The third kappa shape index (κ3) is 2.64. The Morgan fingerprint density at radius 1 is 1.44 bits per heavy atom. The average Bonchev–Trinajstić information content (AvgIpc) is 1.84. The molecule has 0 fully saturated rings. The highest BCUT2D eigenvalue weighted by atomic mass is 16.1. The van der Waals surface area contributed by atoms with Gasteiger partial charge >= 0.3 is 0 Å². The van der Waals surface area contributed by atoms with Crippen molar-refractivity contribution in [1.29, 1.82) is 0 Å². The fraction of sp³-hybridized carbons (Fsp3) is 0.875. The number of Topliss-reactive ketones (excluding diaryl/α,β-unsaturated/α-hetero) is 1. The van der Waals surface area contributed by atoms with Crippen LogP contribution in [0.5, 0.6) is 0 Å². The fourth-order valence-electron chi connectivity index (χ4n) is 0.754. The maximum absolute atomic E-state index is 10.7. The van der Waals surface area contributed by atoms with Crippen LogP contribution < -0.4 is 0 Å². The first kappa shape index (κ1) is 8.67. The topological polar surface area (TPSA) is 17.1 Å². The van der Waals surface area contributed by atoms with Crippen molar-refractivity contribution in [2.45, 2.75) is 34.1 Å². The van der Waals surface area contributed by atoms with E-state index in [9.17, 15) is 4.79 Å². The van der Waals surface area contributed by atoms with Crippen molar-refractivity contribution in [2.24, 2.45) is 11.8 Å². The molecule has 1 nitrogen and oxygen atoms in total. The predicted octanol–water partition coefficient (Wildman–Crippen LogP) is 2.26. The van der Waals surface area contributed by atoms with E-state index in [1.165, 1.54) is 0 Å². The van der Waals surface area contributed by atoms with Gasteiger partial charge in [-0.3, -0.25) is 4.79 Å². The number of rotatable bonds is 3. The SMILES string of the molecule is CCC(C)C(C)C(C)=O. The van der Waals surface area contributed by atoms with Gasteiger partial charge in [0.2, 0.25) is 0 Å². The summed E-state index contributed by atoms with van der Waals surface area (Å²) in [4.78, 5) is 10.7. The molecule has 54 valence electrons. The molecule has 0 spiro atoms. The molecule has 0 aliphatic heterocycles. The van der Waals surface area contributed by atoms with Gasteiger partial charge in [0.25, 0.3) is 0 Å². The highest BCUT2D eigenvalue weighted by molar-refractivity contribution is 5.78. The molecule has 0 aliphatic rings. The summed E-state index contributed by atoms with van der Waals surface area (Å²) >= 11 is 0. The summed E-state index contributed by atoms with van der Waals surface area (Å²) in [5.41, 5.74) is 0. The van der Waals surface area contributed by atoms with Gasteiger partial charge in [0.05, 0.1) is 0 Å². The monoisotopic (exact) mass is 128 g/mol. The molecule has 0 rings (SSSR count). The quantitative estimate of drug-likeness (QED) is 0.569. The molecule has 0 N–H and O–H groups in total. The second kappa shape index (κ2) is 3.65. The first-order chi connectivity index (χ1) is 4.09. The maximum atomic E-state index is 10.7. The van der Waals surface area contributed by atoms with Gasteiger partial charge in [-0.15, -0.1) is 0 Å². The molecule has 0 aliphatic carbocycles. The van der Waals surface area contributed by atoms with Crippen molar-refractivity contribution in [3.05, 3.63) is 0 Å². The summed E-state index contributed by atoms with van der Waals surface area (Å²) in [6.07, 6.45) is 1.10. The molecule has 0 radical (unpaired) electrons. The Balaban J connectivity index is 3.72. The lowest BCUT2D eigenvalue weighted by molar-refractivity contribution is -0.121. The van der Waals surface area contributed by atoms with Crippen LogP contribution in [0.25, 0.3) is 0 Å². The van der Waals surface area contributed by atoms with Crippen LogP contribution in [-0.2, 0) is 4.79 Å². The van der Waals surface area contributed by atoms with E-state index in [1.807, 2.05) is 6.92 Å². The molecular formula is C8H16O. The van der Waals surface area contributed by atoms with Gasteiger partial charge < -0.3 is 0 Å². The molecule has 0 aromatic carbocycles. The van der Waals surface area contributed by atoms with Crippen LogP contribution in [0.15, 0.2) is 0 Å². The van der Waals surface area contributed by atoms with Gasteiger partial charge in [-0.25, -0.2) is 0 Å². The minimum Gasteiger partial charge on any atom is -0.300 e. The Bertz CT molecular complexity index is 96.7. The standard InChI is InChI=1S/C8H16O/c1-5-6(2)7(3)8(4)9/h6-7H,5H2,1-4H3. The lowest BCUT2D eigenvalue weighted by Crippen LogP contribution is -2.14. The van der Waals surface area contributed by atoms with Gasteiger partial charge in [0.15, 0.2) is 0 Å². The van der Waals surface area contributed by atoms with E-state index >= 15 is 0 Å². The Morgan fingerprint density at radius 2 is 1.89 bits per heavy atom. The van der Waals surface area contributed by atoms with Crippen molar-refractivity contribution in [3.63, 3.8) is 0 Å². The zero-order valence-electron chi connectivity index (χ0n) is 6.77. The number of carbonyl (C=O) groups is 1. The van der Waals surface area contributed by atoms with E-state index in [0.717, 1.165) is 6.42 Å². The van der Waals surface area contributed by atoms with Crippen LogP contribution in [-0.4, -0.2) is 5.78 Å². The first-order valence-corrected chi connectivity index (χ1v) is 3.60. The molecule has 0 bridgehead atoms. The van der Waals surface area contributed by atoms with E-state index in [1.54, 1.807) is 6.92 Å². The highest BCUT2D eigenvalue weighted by Crippen LogP contribution is 2.14. The molecule has 0 aromatic rings. The summed E-state index contributed by atoms with van der Waals surface area (Å²) in [6.45, 7) is 7.89. The van der Waals surface area contributed by atoms with E-state index < -0.39 is 0 Å². The van der Waals surface area contributed by atoms with Crippen LogP contribution in [0.3, 0.4) is 0 Å². The summed E-state index contributed by atoms with van der Waals surface area (Å²) < 4.78 is 0. The third-order valence-electron chi connectivity index (χ3n) is 2.14. The van der Waals surface area contributed by atoms with E-state index in [0.29, 0.717) is 11.7 Å². The Hall–Kier alpha value is -0.330. The summed E-state index contributed by atoms with van der Waals surface area (Å²) in [5, 5.41) is 0. The second-order valence-corrected chi connectivity index (χ2v) is 2.78. The molecule has 0 aromatic heterocycles. The van der Waals surface area contributed by atoms with Gasteiger partial charge in [-0.2, -0.15) is 0 Å². The third-order valence-corrected chi connectivity index (χ3v) is 2.14. The van der Waals surface area contributed by atoms with Crippen LogP contribution >= 0.6 is 0 Å². The van der Waals surface area contributed by atoms with Crippen molar-refractivity contribution < 1.29 is 4.79 Å². The second-order valence-electron chi connectivity index (χ2n) is 2.78. The zero-order chi connectivity index (χ0) is 7.44. The van der Waals surface area contributed by atoms with Gasteiger partial charge in [0.1, 0.15) is 5.78 Å². The van der Waals surface area contributed by atoms with E-state index in [4.69, 9.17) is 0 Å². The Morgan fingerprint density at radius 3 is 2.00 bits per heavy atom. The van der Waals surface area contributed by atoms with E-state index in [2.05, 4.69) is 13.8 Å². The normalized spacial score (nSPS) is 16.9.